The van der Waals surface area contributed by atoms with Crippen LogP contribution in [0.2, 0.25) is 0 Å². The van der Waals surface area contributed by atoms with Crippen LogP contribution in [0, 0.1) is 13.8 Å². The third-order valence-corrected chi connectivity index (χ3v) is 2.48. The molecule has 5 nitrogen and oxygen atoms in total. The minimum Gasteiger partial charge on any atom is -0.360 e. The van der Waals surface area contributed by atoms with Crippen molar-refractivity contribution in [1.29, 1.82) is 0 Å². The fourth-order valence-electron chi connectivity index (χ4n) is 1.53. The summed E-state index contributed by atoms with van der Waals surface area (Å²) >= 11 is 0. The van der Waals surface area contributed by atoms with Gasteiger partial charge in [-0.15, -0.1) is 0 Å². The molecule has 0 fully saturated rings. The summed E-state index contributed by atoms with van der Waals surface area (Å²) in [7, 11) is 0. The van der Waals surface area contributed by atoms with Gasteiger partial charge in [-0.25, -0.2) is 0 Å². The fourth-order valence-corrected chi connectivity index (χ4v) is 1.53. The molecule has 2 aromatic rings. The zero-order valence-electron chi connectivity index (χ0n) is 10.4. The first-order valence-corrected chi connectivity index (χ1v) is 5.68. The Bertz CT molecular complexity index is 549. The largest absolute Gasteiger partial charge is 0.360 e. The maximum absolute atomic E-state index is 11.7. The van der Waals surface area contributed by atoms with E-state index in [0.29, 0.717) is 11.6 Å². The van der Waals surface area contributed by atoms with Crippen molar-refractivity contribution in [2.24, 2.45) is 0 Å². The number of benzene rings is 1. The molecule has 0 aliphatic rings. The van der Waals surface area contributed by atoms with Crippen molar-refractivity contribution in [2.45, 2.75) is 13.8 Å². The number of amides is 1. The second kappa shape index (κ2) is 5.35. The first kappa shape index (κ1) is 12.2. The number of carbonyl (C=O) groups is 1. The van der Waals surface area contributed by atoms with Gasteiger partial charge in [-0.05, 0) is 25.5 Å². The predicted octanol–water partition coefficient (Wildman–Crippen LogP) is 2.34. The molecule has 94 valence electrons. The lowest BCUT2D eigenvalue weighted by atomic mass is 10.2. The van der Waals surface area contributed by atoms with Crippen molar-refractivity contribution in [3.63, 3.8) is 0 Å². The van der Waals surface area contributed by atoms with Gasteiger partial charge in [-0.1, -0.05) is 23.4 Å². The monoisotopic (exact) mass is 245 g/mol. The Hall–Kier alpha value is -2.30. The van der Waals surface area contributed by atoms with Crippen LogP contribution < -0.4 is 10.6 Å². The van der Waals surface area contributed by atoms with Crippen LogP contribution >= 0.6 is 0 Å². The van der Waals surface area contributed by atoms with E-state index in [1.165, 1.54) is 0 Å². The van der Waals surface area contributed by atoms with E-state index in [-0.39, 0.29) is 12.5 Å². The number of nitrogens with zero attached hydrogens (tertiary/aromatic N) is 1. The number of hydrogen-bond donors (Lipinski definition) is 2. The van der Waals surface area contributed by atoms with Gasteiger partial charge in [0.2, 0.25) is 5.91 Å². The van der Waals surface area contributed by atoms with Gasteiger partial charge in [0.1, 0.15) is 5.76 Å². The topological polar surface area (TPSA) is 67.2 Å². The van der Waals surface area contributed by atoms with E-state index in [4.69, 9.17) is 4.52 Å². The van der Waals surface area contributed by atoms with Gasteiger partial charge in [0.05, 0.1) is 6.54 Å². The molecule has 18 heavy (non-hydrogen) atoms. The summed E-state index contributed by atoms with van der Waals surface area (Å²) < 4.78 is 4.89. The SMILES string of the molecule is Cc1cc(NCC(=O)Nc2ccccc2C)no1. The summed E-state index contributed by atoms with van der Waals surface area (Å²) in [5.74, 6) is 1.15. The van der Waals surface area contributed by atoms with E-state index in [1.807, 2.05) is 31.2 Å². The molecule has 0 aliphatic carbocycles. The van der Waals surface area contributed by atoms with Gasteiger partial charge in [-0.2, -0.15) is 0 Å². The second-order valence-electron chi connectivity index (χ2n) is 4.04. The minimum absolute atomic E-state index is 0.120. The lowest BCUT2D eigenvalue weighted by Crippen LogP contribution is -2.22. The first-order chi connectivity index (χ1) is 8.65. The molecule has 0 bridgehead atoms. The Morgan fingerprint density at radius 3 is 2.78 bits per heavy atom. The first-order valence-electron chi connectivity index (χ1n) is 5.68. The van der Waals surface area contributed by atoms with E-state index in [1.54, 1.807) is 13.0 Å². The summed E-state index contributed by atoms with van der Waals surface area (Å²) in [6.45, 7) is 3.90. The highest BCUT2D eigenvalue weighted by Crippen LogP contribution is 2.13. The minimum atomic E-state index is -0.120. The summed E-state index contributed by atoms with van der Waals surface area (Å²) in [5.41, 5.74) is 1.85. The highest BCUT2D eigenvalue weighted by Gasteiger charge is 2.05. The van der Waals surface area contributed by atoms with Gasteiger partial charge >= 0.3 is 0 Å². The number of para-hydroxylation sites is 1. The molecular formula is C13H15N3O2. The molecule has 0 radical (unpaired) electrons. The van der Waals surface area contributed by atoms with Crippen LogP contribution in [-0.4, -0.2) is 17.6 Å². The van der Waals surface area contributed by atoms with Crippen LogP contribution in [0.25, 0.3) is 0 Å². The molecule has 2 rings (SSSR count). The Labute approximate surface area is 105 Å². The predicted molar refractivity (Wildman–Crippen MR) is 69.5 cm³/mol. The van der Waals surface area contributed by atoms with Crippen molar-refractivity contribution < 1.29 is 9.32 Å². The third kappa shape index (κ3) is 3.10. The quantitative estimate of drug-likeness (QED) is 0.867. The summed E-state index contributed by atoms with van der Waals surface area (Å²) in [5, 5.41) is 9.46. The highest BCUT2D eigenvalue weighted by molar-refractivity contribution is 5.94. The van der Waals surface area contributed by atoms with Crippen molar-refractivity contribution in [1.82, 2.24) is 5.16 Å². The number of aromatic nitrogens is 1. The zero-order chi connectivity index (χ0) is 13.0. The molecular weight excluding hydrogens is 230 g/mol. The second-order valence-corrected chi connectivity index (χ2v) is 4.04. The van der Waals surface area contributed by atoms with Crippen molar-refractivity contribution in [3.05, 3.63) is 41.7 Å². The number of aryl methyl sites for hydroxylation is 2. The molecule has 2 N–H and O–H groups in total. The average Bonchev–Trinajstić information content (AvgIpc) is 2.76. The summed E-state index contributed by atoms with van der Waals surface area (Å²) in [6.07, 6.45) is 0. The van der Waals surface area contributed by atoms with Gasteiger partial charge in [0.25, 0.3) is 0 Å². The van der Waals surface area contributed by atoms with Crippen LogP contribution in [0.5, 0.6) is 0 Å². The van der Waals surface area contributed by atoms with Gasteiger partial charge in [0.15, 0.2) is 5.82 Å². The normalized spacial score (nSPS) is 10.1. The number of rotatable bonds is 4. The number of nitrogens with one attached hydrogen (secondary N) is 2. The molecule has 0 unspecified atom stereocenters. The highest BCUT2D eigenvalue weighted by atomic mass is 16.5. The molecule has 0 aliphatic heterocycles. The number of carbonyl (C=O) groups excluding carboxylic acids is 1. The Kier molecular flexibility index (Phi) is 3.62. The van der Waals surface area contributed by atoms with Crippen molar-refractivity contribution in [3.8, 4) is 0 Å². The lowest BCUT2D eigenvalue weighted by Gasteiger charge is -2.08. The molecule has 0 saturated carbocycles. The van der Waals surface area contributed by atoms with Crippen LogP contribution in [0.1, 0.15) is 11.3 Å². The molecule has 0 saturated heterocycles. The van der Waals surface area contributed by atoms with Crippen LogP contribution in [0.15, 0.2) is 34.9 Å². The molecule has 0 spiro atoms. The molecule has 5 heteroatoms. The standard InChI is InChI=1S/C13H15N3O2/c1-9-5-3-4-6-11(9)15-13(17)8-14-12-7-10(2)18-16-12/h3-7H,8H2,1-2H3,(H,14,16)(H,15,17). The van der Waals surface area contributed by atoms with E-state index in [9.17, 15) is 4.79 Å². The molecule has 1 amide bonds. The van der Waals surface area contributed by atoms with Crippen molar-refractivity contribution in [2.75, 3.05) is 17.2 Å². The van der Waals surface area contributed by atoms with E-state index < -0.39 is 0 Å². The van der Waals surface area contributed by atoms with Crippen LogP contribution in [-0.2, 0) is 4.79 Å². The number of anilines is 2. The lowest BCUT2D eigenvalue weighted by molar-refractivity contribution is -0.114. The maximum Gasteiger partial charge on any atom is 0.243 e. The molecule has 1 aromatic carbocycles. The van der Waals surface area contributed by atoms with Gasteiger partial charge in [-0.3, -0.25) is 4.79 Å². The van der Waals surface area contributed by atoms with E-state index in [0.717, 1.165) is 11.3 Å². The zero-order valence-corrected chi connectivity index (χ0v) is 10.4. The average molecular weight is 245 g/mol. The van der Waals surface area contributed by atoms with Gasteiger partial charge < -0.3 is 15.2 Å². The Morgan fingerprint density at radius 2 is 2.11 bits per heavy atom. The summed E-state index contributed by atoms with van der Waals surface area (Å²) in [6, 6.07) is 9.37. The summed E-state index contributed by atoms with van der Waals surface area (Å²) in [4.78, 5) is 11.7. The molecule has 1 heterocycles. The van der Waals surface area contributed by atoms with Crippen molar-refractivity contribution >= 4 is 17.4 Å². The smallest absolute Gasteiger partial charge is 0.243 e. The Balaban J connectivity index is 1.88. The maximum atomic E-state index is 11.7. The number of hydrogen-bond acceptors (Lipinski definition) is 4. The molecule has 0 atom stereocenters. The Morgan fingerprint density at radius 1 is 1.33 bits per heavy atom. The van der Waals surface area contributed by atoms with E-state index >= 15 is 0 Å². The van der Waals surface area contributed by atoms with Gasteiger partial charge in [0, 0.05) is 11.8 Å². The molecule has 1 aromatic heterocycles. The van der Waals surface area contributed by atoms with Crippen LogP contribution in [0.4, 0.5) is 11.5 Å². The fraction of sp³-hybridized carbons (Fsp3) is 0.231. The van der Waals surface area contributed by atoms with E-state index in [2.05, 4.69) is 15.8 Å². The van der Waals surface area contributed by atoms with Crippen LogP contribution in [0.3, 0.4) is 0 Å². The third-order valence-electron chi connectivity index (χ3n) is 2.48.